The van der Waals surface area contributed by atoms with Gasteiger partial charge in [0, 0.05) is 22.9 Å². The van der Waals surface area contributed by atoms with E-state index in [0.717, 1.165) is 17.1 Å². The van der Waals surface area contributed by atoms with Gasteiger partial charge >= 0.3 is 0 Å². The molecule has 3 rings (SSSR count). The summed E-state index contributed by atoms with van der Waals surface area (Å²) >= 11 is 0. The standard InChI is InChI=1S/C15H10N2O4/c16-15(21)10-7-11(18)8-3-1-2-4-9(8)14(10)17-12(19)5-6-13(17)20/h1-7,18H,(H2,16,21). The van der Waals surface area contributed by atoms with Gasteiger partial charge in [-0.2, -0.15) is 0 Å². The van der Waals surface area contributed by atoms with E-state index in [4.69, 9.17) is 5.73 Å². The number of amides is 3. The monoisotopic (exact) mass is 282 g/mol. The van der Waals surface area contributed by atoms with Crippen molar-refractivity contribution in [1.29, 1.82) is 0 Å². The molecular weight excluding hydrogens is 272 g/mol. The molecule has 1 aliphatic heterocycles. The molecule has 0 spiro atoms. The second kappa shape index (κ2) is 4.45. The van der Waals surface area contributed by atoms with Crippen LogP contribution < -0.4 is 10.6 Å². The fraction of sp³-hybridized carbons (Fsp3) is 0. The van der Waals surface area contributed by atoms with Gasteiger partial charge in [-0.25, -0.2) is 4.90 Å². The molecule has 0 aliphatic carbocycles. The van der Waals surface area contributed by atoms with Gasteiger partial charge in [-0.1, -0.05) is 24.3 Å². The Kier molecular flexibility index (Phi) is 2.72. The highest BCUT2D eigenvalue weighted by molar-refractivity contribution is 6.32. The number of carbonyl (C=O) groups excluding carboxylic acids is 3. The SMILES string of the molecule is NC(=O)c1cc(O)c2ccccc2c1N1C(=O)C=CC1=O. The Morgan fingerprint density at radius 2 is 1.62 bits per heavy atom. The number of anilines is 1. The molecule has 0 unspecified atom stereocenters. The third kappa shape index (κ3) is 1.85. The van der Waals surface area contributed by atoms with Crippen molar-refractivity contribution < 1.29 is 19.5 Å². The largest absolute Gasteiger partial charge is 0.507 e. The molecule has 21 heavy (non-hydrogen) atoms. The van der Waals surface area contributed by atoms with E-state index in [1.54, 1.807) is 24.3 Å². The minimum absolute atomic E-state index is 0.0865. The normalized spacial score (nSPS) is 14.2. The molecule has 0 atom stereocenters. The molecule has 6 nitrogen and oxygen atoms in total. The number of aromatic hydroxyl groups is 1. The molecule has 0 saturated carbocycles. The van der Waals surface area contributed by atoms with E-state index in [2.05, 4.69) is 0 Å². The van der Waals surface area contributed by atoms with Gasteiger partial charge in [0.15, 0.2) is 0 Å². The zero-order valence-electron chi connectivity index (χ0n) is 10.7. The van der Waals surface area contributed by atoms with Crippen LogP contribution in [0.25, 0.3) is 10.8 Å². The number of primary amides is 1. The predicted molar refractivity (Wildman–Crippen MR) is 75.8 cm³/mol. The van der Waals surface area contributed by atoms with Crippen LogP contribution in [0.3, 0.4) is 0 Å². The number of hydrogen-bond donors (Lipinski definition) is 2. The molecule has 3 N–H and O–H groups in total. The molecule has 0 saturated heterocycles. The van der Waals surface area contributed by atoms with Crippen molar-refractivity contribution >= 4 is 34.2 Å². The first-order chi connectivity index (χ1) is 10.0. The molecule has 2 aromatic carbocycles. The lowest BCUT2D eigenvalue weighted by atomic mass is 10.0. The van der Waals surface area contributed by atoms with Crippen molar-refractivity contribution in [2.75, 3.05) is 4.90 Å². The van der Waals surface area contributed by atoms with Crippen LogP contribution >= 0.6 is 0 Å². The smallest absolute Gasteiger partial charge is 0.258 e. The van der Waals surface area contributed by atoms with E-state index < -0.39 is 17.7 Å². The fourth-order valence-corrected chi connectivity index (χ4v) is 2.39. The lowest BCUT2D eigenvalue weighted by molar-refractivity contribution is -0.119. The minimum atomic E-state index is -0.835. The quantitative estimate of drug-likeness (QED) is 0.804. The van der Waals surface area contributed by atoms with Gasteiger partial charge in [-0.15, -0.1) is 0 Å². The summed E-state index contributed by atoms with van der Waals surface area (Å²) in [5.74, 6) is -2.09. The number of phenols is 1. The van der Waals surface area contributed by atoms with Crippen LogP contribution in [0.2, 0.25) is 0 Å². The minimum Gasteiger partial charge on any atom is -0.507 e. The first kappa shape index (κ1) is 12.9. The Morgan fingerprint density at radius 1 is 1.05 bits per heavy atom. The van der Waals surface area contributed by atoms with Crippen molar-refractivity contribution in [2.45, 2.75) is 0 Å². The molecular formula is C15H10N2O4. The molecule has 0 radical (unpaired) electrons. The topological polar surface area (TPSA) is 101 Å². The van der Waals surface area contributed by atoms with Crippen LogP contribution in [0, 0.1) is 0 Å². The summed E-state index contributed by atoms with van der Waals surface area (Å²) in [5.41, 5.74) is 5.32. The summed E-state index contributed by atoms with van der Waals surface area (Å²) in [4.78, 5) is 36.3. The van der Waals surface area contributed by atoms with Crippen molar-refractivity contribution in [3.63, 3.8) is 0 Å². The first-order valence-corrected chi connectivity index (χ1v) is 6.11. The summed E-state index contributed by atoms with van der Waals surface area (Å²) in [6.07, 6.45) is 2.24. The molecule has 0 bridgehead atoms. The van der Waals surface area contributed by atoms with Crippen molar-refractivity contribution in [1.82, 2.24) is 0 Å². The molecule has 104 valence electrons. The molecule has 2 aromatic rings. The summed E-state index contributed by atoms with van der Waals surface area (Å²) in [7, 11) is 0. The van der Waals surface area contributed by atoms with Gasteiger partial charge in [0.25, 0.3) is 17.7 Å². The average Bonchev–Trinajstić information content (AvgIpc) is 2.78. The van der Waals surface area contributed by atoms with Crippen LogP contribution in [-0.4, -0.2) is 22.8 Å². The molecule has 0 fully saturated rings. The number of hydrogen-bond acceptors (Lipinski definition) is 4. The van der Waals surface area contributed by atoms with E-state index in [-0.39, 0.29) is 17.0 Å². The average molecular weight is 282 g/mol. The van der Waals surface area contributed by atoms with E-state index in [1.807, 2.05) is 0 Å². The Hall–Kier alpha value is -3.15. The van der Waals surface area contributed by atoms with Gasteiger partial charge < -0.3 is 10.8 Å². The number of imide groups is 1. The zero-order valence-corrected chi connectivity index (χ0v) is 10.7. The number of phenolic OH excluding ortho intramolecular Hbond substituents is 1. The number of fused-ring (bicyclic) bond motifs is 1. The Morgan fingerprint density at radius 3 is 2.19 bits per heavy atom. The van der Waals surface area contributed by atoms with Gasteiger partial charge in [-0.3, -0.25) is 14.4 Å². The lowest BCUT2D eigenvalue weighted by Gasteiger charge is -2.20. The highest BCUT2D eigenvalue weighted by Crippen LogP contribution is 2.37. The van der Waals surface area contributed by atoms with Crippen LogP contribution in [0.5, 0.6) is 5.75 Å². The van der Waals surface area contributed by atoms with Crippen molar-refractivity contribution in [3.05, 3.63) is 48.0 Å². The summed E-state index contributed by atoms with van der Waals surface area (Å²) in [6, 6.07) is 7.77. The first-order valence-electron chi connectivity index (χ1n) is 6.11. The third-order valence-corrected chi connectivity index (χ3v) is 3.29. The van der Waals surface area contributed by atoms with E-state index >= 15 is 0 Å². The maximum atomic E-state index is 11.9. The molecule has 1 heterocycles. The number of rotatable bonds is 2. The van der Waals surface area contributed by atoms with Crippen LogP contribution in [0.4, 0.5) is 5.69 Å². The second-order valence-corrected chi connectivity index (χ2v) is 4.55. The number of benzene rings is 2. The predicted octanol–water partition coefficient (Wildman–Crippen LogP) is 1.07. The maximum Gasteiger partial charge on any atom is 0.258 e. The van der Waals surface area contributed by atoms with Gasteiger partial charge in [0.1, 0.15) is 5.75 Å². The second-order valence-electron chi connectivity index (χ2n) is 4.55. The Bertz CT molecular complexity index is 821. The van der Waals surface area contributed by atoms with Crippen LogP contribution in [0.15, 0.2) is 42.5 Å². The number of carbonyl (C=O) groups is 3. The number of nitrogens with zero attached hydrogens (tertiary/aromatic N) is 1. The van der Waals surface area contributed by atoms with Gasteiger partial charge in [0.2, 0.25) is 0 Å². The maximum absolute atomic E-state index is 11.9. The van der Waals surface area contributed by atoms with E-state index in [9.17, 15) is 19.5 Å². The fourth-order valence-electron chi connectivity index (χ4n) is 2.39. The van der Waals surface area contributed by atoms with E-state index in [0.29, 0.717) is 10.8 Å². The summed E-state index contributed by atoms with van der Waals surface area (Å²) in [5, 5.41) is 10.8. The molecule has 0 aromatic heterocycles. The van der Waals surface area contributed by atoms with Crippen molar-refractivity contribution in [3.8, 4) is 5.75 Å². The zero-order chi connectivity index (χ0) is 15.1. The Labute approximate surface area is 119 Å². The molecule has 6 heteroatoms. The van der Waals surface area contributed by atoms with Gasteiger partial charge in [-0.05, 0) is 6.07 Å². The molecule has 3 amide bonds. The van der Waals surface area contributed by atoms with Gasteiger partial charge in [0.05, 0.1) is 11.3 Å². The highest BCUT2D eigenvalue weighted by atomic mass is 16.3. The van der Waals surface area contributed by atoms with Crippen molar-refractivity contribution in [2.24, 2.45) is 5.73 Å². The van der Waals surface area contributed by atoms with Crippen LogP contribution in [0.1, 0.15) is 10.4 Å². The lowest BCUT2D eigenvalue weighted by Crippen LogP contribution is -2.32. The summed E-state index contributed by atoms with van der Waals surface area (Å²) < 4.78 is 0. The van der Waals surface area contributed by atoms with E-state index in [1.165, 1.54) is 6.07 Å². The Balaban J connectivity index is 2.41. The molecule has 1 aliphatic rings. The third-order valence-electron chi connectivity index (χ3n) is 3.29. The van der Waals surface area contributed by atoms with Crippen LogP contribution in [-0.2, 0) is 9.59 Å². The number of nitrogens with two attached hydrogens (primary N) is 1. The highest BCUT2D eigenvalue weighted by Gasteiger charge is 2.30. The summed E-state index contributed by atoms with van der Waals surface area (Å²) in [6.45, 7) is 0.